The second-order valence-electron chi connectivity index (χ2n) is 13.3. The molecule has 40 heavy (non-hydrogen) atoms. The molecule has 7 atom stereocenters. The molecular formula is C31H42O9. The van der Waals surface area contributed by atoms with Crippen LogP contribution in [0.1, 0.15) is 87.0 Å². The number of carboxylic acid groups (broad SMARTS) is 2. The van der Waals surface area contributed by atoms with Crippen molar-refractivity contribution < 1.29 is 44.0 Å². The third kappa shape index (κ3) is 4.45. The van der Waals surface area contributed by atoms with E-state index in [0.29, 0.717) is 24.0 Å². The molecule has 9 heteroatoms. The Kier molecular flexibility index (Phi) is 7.50. The summed E-state index contributed by atoms with van der Waals surface area (Å²) in [6, 6.07) is 0. The van der Waals surface area contributed by atoms with Gasteiger partial charge >= 0.3 is 17.9 Å². The van der Waals surface area contributed by atoms with E-state index < -0.39 is 52.0 Å². The lowest BCUT2D eigenvalue weighted by Crippen LogP contribution is -2.53. The Morgan fingerprint density at radius 3 is 2.35 bits per heavy atom. The number of rotatable bonds is 9. The summed E-state index contributed by atoms with van der Waals surface area (Å²) in [7, 11) is 0. The van der Waals surface area contributed by atoms with Crippen LogP contribution in [0.4, 0.5) is 0 Å². The molecule has 2 saturated heterocycles. The Bertz CT molecular complexity index is 1240. The van der Waals surface area contributed by atoms with Gasteiger partial charge in [0.25, 0.3) is 0 Å². The smallest absolute Gasteiger partial charge is 0.335 e. The van der Waals surface area contributed by atoms with Crippen molar-refractivity contribution in [2.24, 2.45) is 22.2 Å². The van der Waals surface area contributed by atoms with Crippen molar-refractivity contribution in [3.63, 3.8) is 0 Å². The van der Waals surface area contributed by atoms with E-state index in [9.17, 15) is 34.5 Å². The number of carbonyl (C=O) groups excluding carboxylic acids is 2. The average molecular weight is 559 g/mol. The molecule has 2 bridgehead atoms. The van der Waals surface area contributed by atoms with E-state index in [2.05, 4.69) is 0 Å². The van der Waals surface area contributed by atoms with Crippen LogP contribution in [0.2, 0.25) is 0 Å². The Balaban J connectivity index is 1.75. The van der Waals surface area contributed by atoms with Gasteiger partial charge in [-0.25, -0.2) is 9.59 Å². The zero-order valence-electron chi connectivity index (χ0n) is 24.5. The minimum Gasteiger partial charge on any atom is -0.478 e. The summed E-state index contributed by atoms with van der Waals surface area (Å²) in [5.41, 5.74) is -1.94. The van der Waals surface area contributed by atoms with Gasteiger partial charge in [0.1, 0.15) is 11.7 Å². The normalized spacial score (nSPS) is 36.2. The van der Waals surface area contributed by atoms with Crippen molar-refractivity contribution in [1.82, 2.24) is 0 Å². The van der Waals surface area contributed by atoms with Crippen LogP contribution in [0.3, 0.4) is 0 Å². The number of fused-ring (bicyclic) bond motifs is 3. The van der Waals surface area contributed by atoms with Crippen LogP contribution in [0.15, 0.2) is 34.4 Å². The average Bonchev–Trinajstić information content (AvgIpc) is 3.44. The molecule has 4 aliphatic rings. The quantitative estimate of drug-likeness (QED) is 0.277. The number of carboxylic acids is 2. The Morgan fingerprint density at radius 2 is 1.82 bits per heavy atom. The SMILES string of the molecule is CC(=O)O[C@H]1CC(C[C@]23CC[C@H](O2)C(C)(C)C3=O)=C(C(=O)O)C2=CC[C@@](C)([C@H](C)C[C@H](O)/C=C(\C)C(=O)O)[C@@]21C. The van der Waals surface area contributed by atoms with Crippen LogP contribution in [0, 0.1) is 22.2 Å². The van der Waals surface area contributed by atoms with Crippen molar-refractivity contribution in [3.8, 4) is 0 Å². The Morgan fingerprint density at radius 1 is 1.18 bits per heavy atom. The van der Waals surface area contributed by atoms with Gasteiger partial charge < -0.3 is 24.8 Å². The zero-order valence-corrected chi connectivity index (χ0v) is 24.5. The lowest BCUT2D eigenvalue weighted by molar-refractivity contribution is -0.159. The first-order valence-corrected chi connectivity index (χ1v) is 14.1. The van der Waals surface area contributed by atoms with E-state index in [1.807, 2.05) is 40.7 Å². The second kappa shape index (κ2) is 9.94. The maximum absolute atomic E-state index is 13.5. The largest absolute Gasteiger partial charge is 0.478 e. The van der Waals surface area contributed by atoms with Gasteiger partial charge in [0.2, 0.25) is 0 Å². The summed E-state index contributed by atoms with van der Waals surface area (Å²) >= 11 is 0. The van der Waals surface area contributed by atoms with Crippen LogP contribution >= 0.6 is 0 Å². The van der Waals surface area contributed by atoms with E-state index in [0.717, 1.165) is 6.42 Å². The molecule has 220 valence electrons. The van der Waals surface area contributed by atoms with E-state index in [4.69, 9.17) is 9.47 Å². The molecule has 0 aromatic heterocycles. The van der Waals surface area contributed by atoms with Crippen molar-refractivity contribution in [2.45, 2.75) is 111 Å². The fourth-order valence-electron chi connectivity index (χ4n) is 7.94. The standard InChI is InChI=1S/C31H42O9/c1-16(25(34)35)12-20(33)13-17(2)29(6)10-8-21-24(26(36)37)19(14-23(30(21,29)7)39-18(3)32)15-31-11-9-22(40-31)28(4,5)27(31)38/h8,12,17,20,22-23,33H,9-11,13-15H2,1-7H3,(H,34,35)(H,36,37)/b16-12+/t17-,20-,22+,23+,29+,30+,31+/m1/s1. The van der Waals surface area contributed by atoms with Crippen LogP contribution in [0.5, 0.6) is 0 Å². The van der Waals surface area contributed by atoms with Gasteiger partial charge in [-0.1, -0.05) is 40.7 Å². The van der Waals surface area contributed by atoms with E-state index >= 15 is 0 Å². The van der Waals surface area contributed by atoms with Crippen LogP contribution in [-0.2, 0) is 28.7 Å². The van der Waals surface area contributed by atoms with Crippen molar-refractivity contribution in [3.05, 3.63) is 34.4 Å². The molecule has 0 aromatic carbocycles. The summed E-state index contributed by atoms with van der Waals surface area (Å²) in [6.45, 7) is 12.4. The van der Waals surface area contributed by atoms with Crippen LogP contribution in [-0.4, -0.2) is 62.9 Å². The third-order valence-electron chi connectivity index (χ3n) is 10.6. The number of aliphatic carboxylic acids is 2. The number of hydrogen-bond acceptors (Lipinski definition) is 7. The maximum Gasteiger partial charge on any atom is 0.335 e. The number of Topliss-reactive ketones (excluding diaryl/α,β-unsaturated/α-hetero) is 1. The van der Waals surface area contributed by atoms with Gasteiger partial charge in [-0.05, 0) is 61.2 Å². The van der Waals surface area contributed by atoms with Gasteiger partial charge in [0.05, 0.1) is 23.2 Å². The van der Waals surface area contributed by atoms with Gasteiger partial charge in [-0.15, -0.1) is 0 Å². The van der Waals surface area contributed by atoms with Gasteiger partial charge in [-0.3, -0.25) is 9.59 Å². The number of ether oxygens (including phenoxy) is 2. The molecule has 0 unspecified atom stereocenters. The highest BCUT2D eigenvalue weighted by molar-refractivity contribution is 5.97. The van der Waals surface area contributed by atoms with E-state index in [1.165, 1.54) is 19.9 Å². The highest BCUT2D eigenvalue weighted by Crippen LogP contribution is 2.65. The molecule has 0 spiro atoms. The number of aliphatic hydroxyl groups excluding tert-OH is 1. The zero-order chi connectivity index (χ0) is 30.0. The molecule has 2 aliphatic carbocycles. The molecule has 2 fully saturated rings. The van der Waals surface area contributed by atoms with Crippen molar-refractivity contribution in [2.75, 3.05) is 0 Å². The first-order chi connectivity index (χ1) is 18.4. The molecule has 2 aliphatic heterocycles. The highest BCUT2D eigenvalue weighted by Gasteiger charge is 2.65. The molecule has 0 radical (unpaired) electrons. The van der Waals surface area contributed by atoms with Gasteiger partial charge in [-0.2, -0.15) is 0 Å². The topological polar surface area (TPSA) is 147 Å². The van der Waals surface area contributed by atoms with Crippen molar-refractivity contribution in [1.29, 1.82) is 0 Å². The molecule has 3 N–H and O–H groups in total. The molecule has 0 amide bonds. The minimum absolute atomic E-state index is 0.0107. The first kappa shape index (κ1) is 30.2. The van der Waals surface area contributed by atoms with Gasteiger partial charge in [0, 0.05) is 30.8 Å². The lowest BCUT2D eigenvalue weighted by Gasteiger charge is -2.53. The second-order valence-corrected chi connectivity index (χ2v) is 13.3. The lowest BCUT2D eigenvalue weighted by atomic mass is 9.52. The number of hydrogen-bond donors (Lipinski definition) is 3. The number of esters is 1. The summed E-state index contributed by atoms with van der Waals surface area (Å²) in [4.78, 5) is 50.0. The van der Waals surface area contributed by atoms with Crippen LogP contribution in [0.25, 0.3) is 0 Å². The predicted molar refractivity (Wildman–Crippen MR) is 145 cm³/mol. The predicted octanol–water partition coefficient (Wildman–Crippen LogP) is 4.38. The molecule has 2 heterocycles. The molecule has 0 saturated carbocycles. The van der Waals surface area contributed by atoms with E-state index in [1.54, 1.807) is 0 Å². The number of aliphatic hydroxyl groups is 1. The summed E-state index contributed by atoms with van der Waals surface area (Å²) in [5, 5.41) is 30.4. The fourth-order valence-corrected chi connectivity index (χ4v) is 7.94. The van der Waals surface area contributed by atoms with Crippen LogP contribution < -0.4 is 0 Å². The summed E-state index contributed by atoms with van der Waals surface area (Å²) in [6.07, 6.45) is 3.57. The third-order valence-corrected chi connectivity index (χ3v) is 10.6. The Labute approximate surface area is 235 Å². The molecular weight excluding hydrogens is 516 g/mol. The van der Waals surface area contributed by atoms with E-state index in [-0.39, 0.29) is 48.2 Å². The number of ketones is 1. The molecule has 0 aromatic rings. The minimum atomic E-state index is -1.11. The maximum atomic E-state index is 13.5. The fraction of sp³-hybridized carbons (Fsp3) is 0.677. The number of allylic oxidation sites excluding steroid dienone is 1. The molecule has 9 nitrogen and oxygen atoms in total. The Hall–Kier alpha value is -2.78. The first-order valence-electron chi connectivity index (χ1n) is 14.1. The van der Waals surface area contributed by atoms with Crippen molar-refractivity contribution >= 4 is 23.7 Å². The molecule has 4 rings (SSSR count). The highest BCUT2D eigenvalue weighted by atomic mass is 16.5. The van der Waals surface area contributed by atoms with Gasteiger partial charge in [0.15, 0.2) is 5.78 Å². The summed E-state index contributed by atoms with van der Waals surface area (Å²) in [5.74, 6) is -2.91. The summed E-state index contributed by atoms with van der Waals surface area (Å²) < 4.78 is 12.2. The number of carbonyl (C=O) groups is 4. The monoisotopic (exact) mass is 558 g/mol.